The van der Waals surface area contributed by atoms with Crippen LogP contribution in [0.5, 0.6) is 0 Å². The molecule has 3 atom stereocenters. The van der Waals surface area contributed by atoms with Crippen LogP contribution in [0.15, 0.2) is 48.6 Å². The highest BCUT2D eigenvalue weighted by atomic mass is 31.2. The SMILES string of the molecule is CCCCC/C=C\C/C=C\CCCCCCCCCC(=O)OC(/C=C/CCCCCCCCCCC)C(COP(=O)(O)OCC[N+](C)(C)C)NC(=O)CCCCCCCCC/C=C\CCCCCC. The van der Waals surface area contributed by atoms with E-state index in [0.29, 0.717) is 17.4 Å². The first-order valence-corrected chi connectivity index (χ1v) is 30.5. The molecular formula is C59H112N2O7P+. The number of rotatable bonds is 52. The smallest absolute Gasteiger partial charge is 0.456 e. The molecular weight excluding hydrogens is 880 g/mol. The van der Waals surface area contributed by atoms with Gasteiger partial charge in [0.25, 0.3) is 0 Å². The fraction of sp³-hybridized carbons (Fsp3) is 0.831. The summed E-state index contributed by atoms with van der Waals surface area (Å²) in [7, 11) is 1.49. The van der Waals surface area contributed by atoms with E-state index in [0.717, 1.165) is 89.9 Å². The second kappa shape index (κ2) is 49.5. The number of nitrogens with one attached hydrogen (secondary N) is 1. The Bertz CT molecular complexity index is 1330. The van der Waals surface area contributed by atoms with E-state index in [1.165, 1.54) is 141 Å². The molecule has 0 radical (unpaired) electrons. The molecule has 0 fully saturated rings. The molecule has 1 amide bonds. The van der Waals surface area contributed by atoms with Crippen molar-refractivity contribution in [1.29, 1.82) is 0 Å². The number of quaternary nitrogens is 1. The molecule has 0 aliphatic carbocycles. The number of ether oxygens (including phenoxy) is 1. The van der Waals surface area contributed by atoms with Crippen LogP contribution in [0.3, 0.4) is 0 Å². The van der Waals surface area contributed by atoms with Crippen LogP contribution < -0.4 is 5.32 Å². The standard InChI is InChI=1S/C59H111N2O7P/c1-7-10-13-16-19-22-25-27-29-30-32-34-37-40-43-46-49-52-59(63)68-57(50-47-44-41-38-35-24-21-18-15-12-9-3)56(55-67-69(64,65)66-54-53-61(4,5)6)60-58(62)51-48-45-42-39-36-33-31-28-26-23-20-17-14-11-8-2/h19,22-23,26-27,29,47,50,56-57H,7-18,20-21,24-25,28,30-46,48-49,51-55H2,1-6H3,(H-,60,62,64,65)/p+1/b22-19-,26-23-,29-27-,50-47+. The van der Waals surface area contributed by atoms with Crippen molar-refractivity contribution >= 4 is 19.7 Å². The summed E-state index contributed by atoms with van der Waals surface area (Å²) in [5.41, 5.74) is 0. The first kappa shape index (κ1) is 67.0. The molecule has 0 heterocycles. The molecule has 0 aromatic heterocycles. The molecule has 10 heteroatoms. The molecule has 0 bridgehead atoms. The highest BCUT2D eigenvalue weighted by molar-refractivity contribution is 7.47. The third-order valence-electron chi connectivity index (χ3n) is 12.7. The lowest BCUT2D eigenvalue weighted by molar-refractivity contribution is -0.870. The first-order chi connectivity index (χ1) is 33.4. The molecule has 0 aliphatic heterocycles. The molecule has 0 aromatic carbocycles. The number of unbranched alkanes of at least 4 members (excludes halogenated alkanes) is 30. The molecule has 0 saturated heterocycles. The van der Waals surface area contributed by atoms with E-state index in [9.17, 15) is 19.0 Å². The number of hydrogen-bond donors (Lipinski definition) is 2. The van der Waals surface area contributed by atoms with E-state index < -0.39 is 20.0 Å². The molecule has 0 rings (SSSR count). The van der Waals surface area contributed by atoms with Crippen LogP contribution in [0.1, 0.15) is 265 Å². The maximum absolute atomic E-state index is 13.5. The summed E-state index contributed by atoms with van der Waals surface area (Å²) in [6.45, 7) is 6.97. The topological polar surface area (TPSA) is 111 Å². The molecule has 404 valence electrons. The van der Waals surface area contributed by atoms with Crippen LogP contribution in [0, 0.1) is 0 Å². The van der Waals surface area contributed by atoms with Gasteiger partial charge in [-0.3, -0.25) is 18.6 Å². The predicted molar refractivity (Wildman–Crippen MR) is 295 cm³/mol. The summed E-state index contributed by atoms with van der Waals surface area (Å²) < 4.78 is 30.6. The Morgan fingerprint density at radius 2 is 0.884 bits per heavy atom. The highest BCUT2D eigenvalue weighted by Gasteiger charge is 2.30. The summed E-state index contributed by atoms with van der Waals surface area (Å²) in [5, 5.41) is 3.04. The zero-order valence-electron chi connectivity index (χ0n) is 46.1. The fourth-order valence-corrected chi connectivity index (χ4v) is 8.94. The summed E-state index contributed by atoms with van der Waals surface area (Å²) in [5.74, 6) is -0.516. The maximum Gasteiger partial charge on any atom is 0.472 e. The third kappa shape index (κ3) is 50.7. The Balaban J connectivity index is 5.32. The van der Waals surface area contributed by atoms with Crippen molar-refractivity contribution in [3.05, 3.63) is 48.6 Å². The number of carbonyl (C=O) groups is 2. The average Bonchev–Trinajstić information content (AvgIpc) is 3.31. The van der Waals surface area contributed by atoms with E-state index >= 15 is 0 Å². The molecule has 0 aromatic rings. The minimum atomic E-state index is -4.44. The van der Waals surface area contributed by atoms with Crippen LogP contribution in [-0.4, -0.2) is 74.3 Å². The largest absolute Gasteiger partial charge is 0.472 e. The minimum Gasteiger partial charge on any atom is -0.456 e. The van der Waals surface area contributed by atoms with Gasteiger partial charge in [-0.15, -0.1) is 0 Å². The summed E-state index contributed by atoms with van der Waals surface area (Å²) in [6.07, 6.45) is 59.5. The van der Waals surface area contributed by atoms with E-state index in [1.54, 1.807) is 0 Å². The maximum atomic E-state index is 13.5. The summed E-state index contributed by atoms with van der Waals surface area (Å²) in [6, 6.07) is -0.851. The van der Waals surface area contributed by atoms with Gasteiger partial charge in [0.1, 0.15) is 19.3 Å². The number of phosphoric acid groups is 1. The minimum absolute atomic E-state index is 0.0380. The number of hydrogen-bond acceptors (Lipinski definition) is 6. The van der Waals surface area contributed by atoms with E-state index in [-0.39, 0.29) is 31.5 Å². The molecule has 0 aliphatic rings. The first-order valence-electron chi connectivity index (χ1n) is 29.0. The fourth-order valence-electron chi connectivity index (χ4n) is 8.20. The Morgan fingerprint density at radius 1 is 0.507 bits per heavy atom. The van der Waals surface area contributed by atoms with Crippen molar-refractivity contribution in [2.24, 2.45) is 0 Å². The van der Waals surface area contributed by atoms with Crippen molar-refractivity contribution in [3.8, 4) is 0 Å². The van der Waals surface area contributed by atoms with Crippen molar-refractivity contribution in [2.75, 3.05) is 40.9 Å². The third-order valence-corrected chi connectivity index (χ3v) is 13.7. The van der Waals surface area contributed by atoms with Crippen LogP contribution in [0.2, 0.25) is 0 Å². The van der Waals surface area contributed by atoms with Gasteiger partial charge in [-0.05, 0) is 89.5 Å². The van der Waals surface area contributed by atoms with Crippen LogP contribution >= 0.6 is 7.82 Å². The van der Waals surface area contributed by atoms with E-state index in [2.05, 4.69) is 62.5 Å². The average molecular weight is 993 g/mol. The van der Waals surface area contributed by atoms with Crippen molar-refractivity contribution in [1.82, 2.24) is 5.32 Å². The van der Waals surface area contributed by atoms with Crippen LogP contribution in [0.4, 0.5) is 0 Å². The Kier molecular flexibility index (Phi) is 48.1. The number of nitrogens with zero attached hydrogens (tertiary/aromatic N) is 1. The van der Waals surface area contributed by atoms with Gasteiger partial charge in [0, 0.05) is 12.8 Å². The van der Waals surface area contributed by atoms with Gasteiger partial charge in [-0.25, -0.2) is 4.57 Å². The van der Waals surface area contributed by atoms with Crippen molar-refractivity contribution in [3.63, 3.8) is 0 Å². The zero-order valence-corrected chi connectivity index (χ0v) is 47.0. The van der Waals surface area contributed by atoms with Crippen LogP contribution in [0.25, 0.3) is 0 Å². The quantitative estimate of drug-likeness (QED) is 0.0205. The monoisotopic (exact) mass is 992 g/mol. The van der Waals surface area contributed by atoms with Gasteiger partial charge in [-0.1, -0.05) is 211 Å². The Morgan fingerprint density at radius 3 is 1.36 bits per heavy atom. The number of carbonyl (C=O) groups excluding carboxylic acids is 2. The number of esters is 1. The van der Waals surface area contributed by atoms with Gasteiger partial charge in [-0.2, -0.15) is 0 Å². The molecule has 9 nitrogen and oxygen atoms in total. The van der Waals surface area contributed by atoms with Gasteiger partial charge in [0.15, 0.2) is 0 Å². The van der Waals surface area contributed by atoms with Crippen molar-refractivity contribution in [2.45, 2.75) is 277 Å². The number of allylic oxidation sites excluding steroid dienone is 7. The van der Waals surface area contributed by atoms with Gasteiger partial charge in [0.2, 0.25) is 5.91 Å². The lowest BCUT2D eigenvalue weighted by Crippen LogP contribution is -2.47. The second-order valence-electron chi connectivity index (χ2n) is 20.8. The molecule has 3 unspecified atom stereocenters. The number of likely N-dealkylation sites (N-methyl/N-ethyl adjacent to an activating group) is 1. The molecule has 0 saturated carbocycles. The zero-order chi connectivity index (χ0) is 50.8. The molecule has 69 heavy (non-hydrogen) atoms. The summed E-state index contributed by atoms with van der Waals surface area (Å²) >= 11 is 0. The number of amides is 1. The van der Waals surface area contributed by atoms with E-state index in [4.69, 9.17) is 13.8 Å². The lowest BCUT2D eigenvalue weighted by Gasteiger charge is -2.27. The van der Waals surface area contributed by atoms with Gasteiger partial charge >= 0.3 is 13.8 Å². The lowest BCUT2D eigenvalue weighted by atomic mass is 10.1. The molecule has 0 spiro atoms. The molecule has 2 N–H and O–H groups in total. The van der Waals surface area contributed by atoms with E-state index in [1.807, 2.05) is 33.3 Å². The van der Waals surface area contributed by atoms with Gasteiger partial charge < -0.3 is 19.4 Å². The van der Waals surface area contributed by atoms with Crippen LogP contribution in [-0.2, 0) is 27.9 Å². The normalized spacial score (nSPS) is 14.1. The Labute approximate surface area is 427 Å². The number of phosphoric ester groups is 1. The van der Waals surface area contributed by atoms with Gasteiger partial charge in [0.05, 0.1) is 33.8 Å². The Hall–Kier alpha value is -2.03. The predicted octanol–water partition coefficient (Wildman–Crippen LogP) is 17.3. The summed E-state index contributed by atoms with van der Waals surface area (Å²) in [4.78, 5) is 37.6. The second-order valence-corrected chi connectivity index (χ2v) is 22.3. The van der Waals surface area contributed by atoms with Crippen molar-refractivity contribution < 1.29 is 37.3 Å². The highest BCUT2D eigenvalue weighted by Crippen LogP contribution is 2.43.